The zero-order valence-corrected chi connectivity index (χ0v) is 18.6. The number of hydrogen-bond donors (Lipinski definition) is 1. The van der Waals surface area contributed by atoms with Crippen molar-refractivity contribution in [3.05, 3.63) is 81.9 Å². The number of aliphatic hydroxyl groups is 1. The smallest absolute Gasteiger partial charge is 0.296 e. The normalized spacial score (nSPS) is 17.8. The Balaban J connectivity index is 1.65. The van der Waals surface area contributed by atoms with Gasteiger partial charge < -0.3 is 19.2 Å². The SMILES string of the molecule is CCCCCOc1ccc(/C(O)=C2/C(=O)C(=O)N(Cc3cccs3)C2c2ccco2)cc1. The van der Waals surface area contributed by atoms with Gasteiger partial charge in [-0.15, -0.1) is 11.3 Å². The number of carbonyl (C=O) groups is 2. The number of ketones is 1. The molecule has 4 rings (SSSR count). The van der Waals surface area contributed by atoms with Crippen molar-refractivity contribution in [1.29, 1.82) is 0 Å². The zero-order valence-electron chi connectivity index (χ0n) is 17.8. The van der Waals surface area contributed by atoms with E-state index in [0.717, 1.165) is 24.1 Å². The summed E-state index contributed by atoms with van der Waals surface area (Å²) in [7, 11) is 0. The van der Waals surface area contributed by atoms with Gasteiger partial charge in [-0.2, -0.15) is 0 Å². The molecule has 1 unspecified atom stereocenters. The molecule has 0 spiro atoms. The lowest BCUT2D eigenvalue weighted by atomic mass is 9.99. The van der Waals surface area contributed by atoms with Gasteiger partial charge in [-0.05, 0) is 54.3 Å². The van der Waals surface area contributed by atoms with Gasteiger partial charge in [0, 0.05) is 10.4 Å². The van der Waals surface area contributed by atoms with E-state index < -0.39 is 17.7 Å². The standard InChI is InChI=1S/C25H25NO5S/c1-2-3-4-13-30-18-11-9-17(10-12-18)23(27)21-22(20-8-5-14-31-20)26(25(29)24(21)28)16-19-7-6-15-32-19/h5-12,14-15,22,27H,2-4,13,16H2,1H3/b23-21-. The van der Waals surface area contributed by atoms with Gasteiger partial charge in [0.1, 0.15) is 23.3 Å². The van der Waals surface area contributed by atoms with Crippen molar-refractivity contribution in [2.45, 2.75) is 38.8 Å². The molecule has 0 aliphatic carbocycles. The van der Waals surface area contributed by atoms with Crippen LogP contribution in [0.25, 0.3) is 5.76 Å². The first-order valence-electron chi connectivity index (χ1n) is 10.7. The van der Waals surface area contributed by atoms with Gasteiger partial charge in [-0.1, -0.05) is 25.8 Å². The van der Waals surface area contributed by atoms with Crippen LogP contribution in [-0.4, -0.2) is 28.3 Å². The van der Waals surface area contributed by atoms with Crippen LogP contribution in [0.3, 0.4) is 0 Å². The highest BCUT2D eigenvalue weighted by atomic mass is 32.1. The van der Waals surface area contributed by atoms with Gasteiger partial charge in [0.25, 0.3) is 11.7 Å². The number of likely N-dealkylation sites (tertiary alicyclic amines) is 1. The van der Waals surface area contributed by atoms with Gasteiger partial charge >= 0.3 is 0 Å². The Kier molecular flexibility index (Phi) is 6.75. The number of amides is 1. The van der Waals surface area contributed by atoms with Crippen molar-refractivity contribution in [1.82, 2.24) is 4.90 Å². The van der Waals surface area contributed by atoms with E-state index in [9.17, 15) is 14.7 Å². The highest BCUT2D eigenvalue weighted by molar-refractivity contribution is 7.09. The topological polar surface area (TPSA) is 80.0 Å². The molecule has 3 aromatic rings. The summed E-state index contributed by atoms with van der Waals surface area (Å²) >= 11 is 1.50. The minimum absolute atomic E-state index is 0.0260. The first-order chi connectivity index (χ1) is 15.6. The molecule has 1 aromatic carbocycles. The largest absolute Gasteiger partial charge is 0.507 e. The van der Waals surface area contributed by atoms with Crippen molar-refractivity contribution >= 4 is 28.8 Å². The van der Waals surface area contributed by atoms with E-state index in [2.05, 4.69) is 6.92 Å². The predicted molar refractivity (Wildman–Crippen MR) is 122 cm³/mol. The Morgan fingerprint density at radius 2 is 1.94 bits per heavy atom. The first-order valence-corrected chi connectivity index (χ1v) is 11.6. The Bertz CT molecular complexity index is 1080. The number of ether oxygens (including phenoxy) is 1. The minimum Gasteiger partial charge on any atom is -0.507 e. The number of hydrogen-bond acceptors (Lipinski definition) is 6. The van der Waals surface area contributed by atoms with Crippen LogP contribution in [0.15, 0.2) is 70.2 Å². The zero-order chi connectivity index (χ0) is 22.5. The monoisotopic (exact) mass is 451 g/mol. The molecule has 0 saturated carbocycles. The summed E-state index contributed by atoms with van der Waals surface area (Å²) < 4.78 is 11.3. The number of Topliss-reactive ketones (excluding diaryl/α,β-unsaturated/α-hetero) is 1. The molecule has 6 nitrogen and oxygen atoms in total. The number of carbonyl (C=O) groups excluding carboxylic acids is 2. The van der Waals surface area contributed by atoms with E-state index in [-0.39, 0.29) is 17.9 Å². The van der Waals surface area contributed by atoms with Crippen molar-refractivity contribution in [3.63, 3.8) is 0 Å². The highest BCUT2D eigenvalue weighted by Gasteiger charge is 2.47. The second kappa shape index (κ2) is 9.87. The minimum atomic E-state index is -0.794. The van der Waals surface area contributed by atoms with Crippen molar-refractivity contribution in [3.8, 4) is 5.75 Å². The van der Waals surface area contributed by atoms with E-state index >= 15 is 0 Å². The van der Waals surface area contributed by atoms with Crippen LogP contribution in [0.5, 0.6) is 5.75 Å². The van der Waals surface area contributed by atoms with Crippen LogP contribution >= 0.6 is 11.3 Å². The molecular weight excluding hydrogens is 426 g/mol. The van der Waals surface area contributed by atoms with Crippen LogP contribution < -0.4 is 4.74 Å². The van der Waals surface area contributed by atoms with Gasteiger partial charge in [0.2, 0.25) is 0 Å². The van der Waals surface area contributed by atoms with E-state index in [1.54, 1.807) is 36.4 Å². The van der Waals surface area contributed by atoms with Crippen molar-refractivity contribution in [2.24, 2.45) is 0 Å². The number of thiophene rings is 1. The molecule has 1 fully saturated rings. The Labute approximate surface area is 190 Å². The van der Waals surface area contributed by atoms with Gasteiger partial charge in [-0.3, -0.25) is 9.59 Å². The fraction of sp³-hybridized carbons (Fsp3) is 0.280. The summed E-state index contributed by atoms with van der Waals surface area (Å²) in [4.78, 5) is 28.2. The second-order valence-corrected chi connectivity index (χ2v) is 8.63. The second-order valence-electron chi connectivity index (χ2n) is 7.60. The summed E-state index contributed by atoms with van der Waals surface area (Å²) in [6, 6.07) is 13.3. The Morgan fingerprint density at radius 1 is 1.12 bits per heavy atom. The summed E-state index contributed by atoms with van der Waals surface area (Å²) in [5.74, 6) is -0.481. The molecule has 1 aliphatic rings. The average molecular weight is 452 g/mol. The Morgan fingerprint density at radius 3 is 2.59 bits per heavy atom. The lowest BCUT2D eigenvalue weighted by Gasteiger charge is -2.22. The lowest BCUT2D eigenvalue weighted by Crippen LogP contribution is -2.28. The number of furan rings is 1. The van der Waals surface area contributed by atoms with Gasteiger partial charge in [0.05, 0.1) is 25.0 Å². The van der Waals surface area contributed by atoms with Crippen LogP contribution in [0.4, 0.5) is 0 Å². The van der Waals surface area contributed by atoms with Gasteiger partial charge in [-0.25, -0.2) is 0 Å². The maximum Gasteiger partial charge on any atom is 0.296 e. The maximum atomic E-state index is 13.0. The average Bonchev–Trinajstić information content (AvgIpc) is 3.56. The van der Waals surface area contributed by atoms with Crippen LogP contribution in [0.1, 0.15) is 48.4 Å². The summed E-state index contributed by atoms with van der Waals surface area (Å²) in [5.41, 5.74) is 0.467. The molecule has 1 N–H and O–H groups in total. The fourth-order valence-corrected chi connectivity index (χ4v) is 4.47. The van der Waals surface area contributed by atoms with Crippen molar-refractivity contribution in [2.75, 3.05) is 6.61 Å². The molecule has 0 bridgehead atoms. The molecule has 1 saturated heterocycles. The maximum absolute atomic E-state index is 13.0. The Hall–Kier alpha value is -3.32. The van der Waals surface area contributed by atoms with E-state index in [4.69, 9.17) is 9.15 Å². The number of unbranched alkanes of at least 4 members (excludes halogenated alkanes) is 2. The van der Waals surface area contributed by atoms with Crippen LogP contribution in [-0.2, 0) is 16.1 Å². The number of benzene rings is 1. The molecule has 1 amide bonds. The molecule has 3 heterocycles. The molecule has 1 atom stereocenters. The molecular formula is C25H25NO5S. The van der Waals surface area contributed by atoms with E-state index in [1.165, 1.54) is 22.5 Å². The lowest BCUT2D eigenvalue weighted by molar-refractivity contribution is -0.140. The third kappa shape index (κ3) is 4.48. The van der Waals surface area contributed by atoms with Crippen molar-refractivity contribution < 1.29 is 23.8 Å². The number of nitrogens with zero attached hydrogens (tertiary/aromatic N) is 1. The van der Waals surface area contributed by atoms with E-state index in [1.807, 2.05) is 17.5 Å². The number of aliphatic hydroxyl groups excluding tert-OH is 1. The third-order valence-corrected chi connectivity index (χ3v) is 6.26. The highest BCUT2D eigenvalue weighted by Crippen LogP contribution is 2.40. The van der Waals surface area contributed by atoms with Crippen LogP contribution in [0, 0.1) is 0 Å². The number of rotatable bonds is 9. The predicted octanol–water partition coefficient (Wildman–Crippen LogP) is 5.53. The summed E-state index contributed by atoms with van der Waals surface area (Å²) in [6.07, 6.45) is 4.70. The fourth-order valence-electron chi connectivity index (χ4n) is 3.76. The van der Waals surface area contributed by atoms with Crippen LogP contribution in [0.2, 0.25) is 0 Å². The quantitative estimate of drug-likeness (QED) is 0.200. The molecule has 2 aromatic heterocycles. The molecule has 32 heavy (non-hydrogen) atoms. The third-order valence-electron chi connectivity index (χ3n) is 5.40. The first kappa shape index (κ1) is 21.9. The summed E-state index contributed by atoms with van der Waals surface area (Å²) in [6.45, 7) is 3.03. The molecule has 0 radical (unpaired) electrons. The molecule has 1 aliphatic heterocycles. The van der Waals surface area contributed by atoms with E-state index in [0.29, 0.717) is 23.7 Å². The molecule has 7 heteroatoms. The molecule has 166 valence electrons. The summed E-state index contributed by atoms with van der Waals surface area (Å²) in [5, 5.41) is 13.0. The van der Waals surface area contributed by atoms with Gasteiger partial charge in [0.15, 0.2) is 0 Å².